The summed E-state index contributed by atoms with van der Waals surface area (Å²) in [7, 11) is 2.99. The number of hydrogen-bond acceptors (Lipinski definition) is 6. The first-order valence-electron chi connectivity index (χ1n) is 11.4. The zero-order valence-corrected chi connectivity index (χ0v) is 19.4. The van der Waals surface area contributed by atoms with Gasteiger partial charge >= 0.3 is 5.97 Å². The number of likely N-dealkylation sites (N-methyl/N-ethyl adjacent to an activating group) is 1. The van der Waals surface area contributed by atoms with Gasteiger partial charge in [0.25, 0.3) is 0 Å². The molecule has 0 aliphatic heterocycles. The number of aliphatic hydroxyl groups is 2. The zero-order valence-electron chi connectivity index (χ0n) is 19.4. The van der Waals surface area contributed by atoms with Crippen LogP contribution in [-0.2, 0) is 19.1 Å². The number of allylic oxidation sites excluding steroid dienone is 1. The highest BCUT2D eigenvalue weighted by Gasteiger charge is 2.65. The molecule has 174 valence electrons. The van der Waals surface area contributed by atoms with E-state index in [2.05, 4.69) is 6.92 Å². The van der Waals surface area contributed by atoms with E-state index in [1.807, 2.05) is 6.92 Å². The fourth-order valence-electron chi connectivity index (χ4n) is 6.85. The van der Waals surface area contributed by atoms with Gasteiger partial charge in [0.2, 0.25) is 5.91 Å². The number of aliphatic hydroxyl groups excluding tert-OH is 2. The minimum absolute atomic E-state index is 0.0493. The molecule has 7 atom stereocenters. The molecule has 0 saturated heterocycles. The first-order valence-corrected chi connectivity index (χ1v) is 11.4. The molecule has 0 bridgehead atoms. The molecule has 3 saturated carbocycles. The van der Waals surface area contributed by atoms with E-state index in [4.69, 9.17) is 9.84 Å². The van der Waals surface area contributed by atoms with Crippen molar-refractivity contribution in [3.63, 3.8) is 0 Å². The number of ketones is 1. The van der Waals surface area contributed by atoms with E-state index < -0.39 is 17.5 Å². The maximum atomic E-state index is 13.4. The Morgan fingerprint density at radius 2 is 1.97 bits per heavy atom. The third-order valence-electron chi connectivity index (χ3n) is 8.84. The summed E-state index contributed by atoms with van der Waals surface area (Å²) >= 11 is 0. The summed E-state index contributed by atoms with van der Waals surface area (Å²) in [5.74, 6) is -0.871. The van der Waals surface area contributed by atoms with Crippen molar-refractivity contribution in [2.45, 2.75) is 59.0 Å². The van der Waals surface area contributed by atoms with E-state index in [9.17, 15) is 19.5 Å². The largest absolute Gasteiger partial charge is 0.469 e. The molecule has 7 heteroatoms. The molecule has 0 heterocycles. The monoisotopic (exact) mass is 435 g/mol. The summed E-state index contributed by atoms with van der Waals surface area (Å²) in [6, 6.07) is 0. The average molecular weight is 436 g/mol. The molecule has 31 heavy (non-hydrogen) atoms. The Labute approximate surface area is 184 Å². The standard InChI is InChI=1S/C24H37NO6/c1-14-15(12-20(29)25(4)10-11-26)6-7-16-21(14)17(27)13-18-23(16,2)9-8-19(28)24(18,3)22(30)31-5/h12,14,16,18-19,21,26,28H,6-11,13H2,1-5H3/b15-12+/t14-,16-,18+,19-,21+,23+,24+/m0/s1. The number of nitrogens with zero attached hydrogens (tertiary/aromatic N) is 1. The summed E-state index contributed by atoms with van der Waals surface area (Å²) in [5, 5.41) is 19.9. The minimum Gasteiger partial charge on any atom is -0.469 e. The fraction of sp³-hybridized carbons (Fsp3) is 0.792. The molecule has 0 aromatic heterocycles. The van der Waals surface area contributed by atoms with Crippen molar-refractivity contribution in [2.75, 3.05) is 27.3 Å². The Morgan fingerprint density at radius 1 is 1.29 bits per heavy atom. The van der Waals surface area contributed by atoms with Crippen LogP contribution in [0, 0.1) is 34.5 Å². The highest BCUT2D eigenvalue weighted by atomic mass is 16.5. The number of carbonyl (C=O) groups excluding carboxylic acids is 3. The Morgan fingerprint density at radius 3 is 2.58 bits per heavy atom. The van der Waals surface area contributed by atoms with Gasteiger partial charge in [0.05, 0.1) is 25.2 Å². The van der Waals surface area contributed by atoms with E-state index >= 15 is 0 Å². The molecule has 2 N–H and O–H groups in total. The second-order valence-electron chi connectivity index (χ2n) is 10.2. The fourth-order valence-corrected chi connectivity index (χ4v) is 6.85. The van der Waals surface area contributed by atoms with E-state index in [0.717, 1.165) is 24.8 Å². The van der Waals surface area contributed by atoms with Gasteiger partial charge in [-0.3, -0.25) is 14.4 Å². The van der Waals surface area contributed by atoms with Crippen molar-refractivity contribution in [1.82, 2.24) is 4.90 Å². The minimum atomic E-state index is -1.09. The maximum absolute atomic E-state index is 13.4. The molecule has 0 aromatic carbocycles. The molecule has 1 amide bonds. The Hall–Kier alpha value is -1.73. The predicted molar refractivity (Wildman–Crippen MR) is 115 cm³/mol. The van der Waals surface area contributed by atoms with Gasteiger partial charge in [0.15, 0.2) is 0 Å². The lowest BCUT2D eigenvalue weighted by Gasteiger charge is -2.61. The predicted octanol–water partition coefficient (Wildman–Crippen LogP) is 1.96. The number of amides is 1. The summed E-state index contributed by atoms with van der Waals surface area (Å²) in [6.07, 6.45) is 3.86. The number of hydrogen-bond donors (Lipinski definition) is 2. The molecule has 0 spiro atoms. The third-order valence-corrected chi connectivity index (χ3v) is 8.84. The second kappa shape index (κ2) is 8.66. The van der Waals surface area contributed by atoms with Gasteiger partial charge in [0, 0.05) is 32.0 Å². The second-order valence-corrected chi connectivity index (χ2v) is 10.2. The van der Waals surface area contributed by atoms with Crippen molar-refractivity contribution >= 4 is 17.7 Å². The van der Waals surface area contributed by atoms with Crippen LogP contribution in [0.4, 0.5) is 0 Å². The average Bonchev–Trinajstić information content (AvgIpc) is 2.74. The lowest BCUT2D eigenvalue weighted by Crippen LogP contribution is -2.63. The van der Waals surface area contributed by atoms with Crippen LogP contribution in [0.2, 0.25) is 0 Å². The first-order chi connectivity index (χ1) is 14.5. The number of rotatable bonds is 4. The van der Waals surface area contributed by atoms with Gasteiger partial charge in [-0.05, 0) is 55.8 Å². The Balaban J connectivity index is 1.92. The van der Waals surface area contributed by atoms with Crippen molar-refractivity contribution in [3.8, 4) is 0 Å². The van der Waals surface area contributed by atoms with Crippen LogP contribution < -0.4 is 0 Å². The van der Waals surface area contributed by atoms with Crippen LogP contribution in [0.25, 0.3) is 0 Å². The summed E-state index contributed by atoms with van der Waals surface area (Å²) in [4.78, 5) is 40.1. The van der Waals surface area contributed by atoms with E-state index in [1.165, 1.54) is 12.0 Å². The first kappa shape index (κ1) is 23.9. The highest BCUT2D eigenvalue weighted by molar-refractivity contribution is 5.89. The summed E-state index contributed by atoms with van der Waals surface area (Å²) < 4.78 is 5.07. The number of fused-ring (bicyclic) bond motifs is 3. The molecular weight excluding hydrogens is 398 g/mol. The normalized spacial score (nSPS) is 41.3. The molecule has 0 radical (unpaired) electrons. The van der Waals surface area contributed by atoms with Crippen LogP contribution in [0.1, 0.15) is 52.9 Å². The maximum Gasteiger partial charge on any atom is 0.314 e. The molecule has 3 aliphatic carbocycles. The number of methoxy groups -OCH3 is 1. The van der Waals surface area contributed by atoms with Gasteiger partial charge in [-0.1, -0.05) is 19.4 Å². The smallest absolute Gasteiger partial charge is 0.314 e. The van der Waals surface area contributed by atoms with Crippen molar-refractivity contribution in [1.29, 1.82) is 0 Å². The van der Waals surface area contributed by atoms with Gasteiger partial charge < -0.3 is 19.8 Å². The van der Waals surface area contributed by atoms with Crippen molar-refractivity contribution in [3.05, 3.63) is 11.6 Å². The summed E-state index contributed by atoms with van der Waals surface area (Å²) in [6.45, 7) is 6.15. The van der Waals surface area contributed by atoms with Gasteiger partial charge in [0.1, 0.15) is 5.78 Å². The van der Waals surface area contributed by atoms with Crippen LogP contribution >= 0.6 is 0 Å². The van der Waals surface area contributed by atoms with E-state index in [-0.39, 0.29) is 60.3 Å². The molecule has 3 aliphatic rings. The number of carbonyl (C=O) groups is 3. The number of ether oxygens (including phenoxy) is 1. The Kier molecular flexibility index (Phi) is 6.68. The van der Waals surface area contributed by atoms with Crippen LogP contribution in [0.15, 0.2) is 11.6 Å². The van der Waals surface area contributed by atoms with E-state index in [0.29, 0.717) is 6.42 Å². The molecule has 3 fully saturated rings. The quantitative estimate of drug-likeness (QED) is 0.517. The molecule has 0 aromatic rings. The van der Waals surface area contributed by atoms with Crippen LogP contribution in [0.5, 0.6) is 0 Å². The zero-order chi connectivity index (χ0) is 23.1. The van der Waals surface area contributed by atoms with E-state index in [1.54, 1.807) is 20.0 Å². The third kappa shape index (κ3) is 3.74. The lowest BCUT2D eigenvalue weighted by atomic mass is 9.42. The van der Waals surface area contributed by atoms with Crippen molar-refractivity contribution in [2.24, 2.45) is 34.5 Å². The van der Waals surface area contributed by atoms with Gasteiger partial charge in [-0.15, -0.1) is 0 Å². The van der Waals surface area contributed by atoms with Crippen molar-refractivity contribution < 1.29 is 29.3 Å². The summed E-state index contributed by atoms with van der Waals surface area (Å²) in [5.41, 5.74) is -0.360. The molecule has 3 rings (SSSR count). The van der Waals surface area contributed by atoms with Crippen LogP contribution in [0.3, 0.4) is 0 Å². The SMILES string of the molecule is COC(=O)[C@]1(C)[C@@H]2CC(=O)[C@@H]3[C@@H](C)/C(=C/C(=O)N(C)CCO)CC[C@@H]3[C@@]2(C)CC[C@@H]1O. The van der Waals surface area contributed by atoms with Crippen LogP contribution in [-0.4, -0.2) is 66.2 Å². The highest BCUT2D eigenvalue weighted by Crippen LogP contribution is 2.64. The molecular formula is C24H37NO6. The topological polar surface area (TPSA) is 104 Å². The number of Topliss-reactive ketones (excluding diaryl/α,β-unsaturated/α-hetero) is 1. The van der Waals surface area contributed by atoms with Gasteiger partial charge in [-0.2, -0.15) is 0 Å². The number of esters is 1. The van der Waals surface area contributed by atoms with Gasteiger partial charge in [-0.25, -0.2) is 0 Å². The lowest BCUT2D eigenvalue weighted by molar-refractivity contribution is -0.197. The molecule has 7 nitrogen and oxygen atoms in total. The molecule has 0 unspecified atom stereocenters. The Bertz CT molecular complexity index is 778.